The van der Waals surface area contributed by atoms with E-state index in [0.717, 1.165) is 16.7 Å². The van der Waals surface area contributed by atoms with Crippen LogP contribution in [0.5, 0.6) is 0 Å². The molecule has 3 aromatic rings. The van der Waals surface area contributed by atoms with Crippen LogP contribution < -0.4 is 9.62 Å². The predicted octanol–water partition coefficient (Wildman–Crippen LogP) is 1.58. The molecule has 2 fully saturated rings. The fourth-order valence-electron chi connectivity index (χ4n) is 4.13. The van der Waals surface area contributed by atoms with E-state index in [-0.39, 0.29) is 5.91 Å². The average Bonchev–Trinajstić information content (AvgIpc) is 2.89. The largest absolute Gasteiger partial charge is 0.378 e. The third-order valence-corrected chi connectivity index (χ3v) is 7.54. The quantitative estimate of drug-likeness (QED) is 0.588. The Morgan fingerprint density at radius 1 is 0.912 bits per heavy atom. The first-order valence-electron chi connectivity index (χ1n) is 11.2. The summed E-state index contributed by atoms with van der Waals surface area (Å²) in [5.41, 5.74) is 1.27. The second kappa shape index (κ2) is 9.53. The van der Waals surface area contributed by atoms with E-state index < -0.39 is 10.2 Å². The van der Waals surface area contributed by atoms with Gasteiger partial charge < -0.3 is 14.5 Å². The lowest BCUT2D eigenvalue weighted by molar-refractivity contribution is 0.0302. The monoisotopic (exact) mass is 482 g/mol. The van der Waals surface area contributed by atoms with E-state index in [1.165, 1.54) is 4.31 Å². The summed E-state index contributed by atoms with van der Waals surface area (Å²) in [6, 6.07) is 14.7. The molecule has 2 saturated heterocycles. The molecule has 1 N–H and O–H groups in total. The Balaban J connectivity index is 1.19. The van der Waals surface area contributed by atoms with Gasteiger partial charge in [0.2, 0.25) is 0 Å². The highest BCUT2D eigenvalue weighted by atomic mass is 32.2. The molecule has 5 rings (SSSR count). The van der Waals surface area contributed by atoms with Gasteiger partial charge in [-0.2, -0.15) is 12.7 Å². The van der Waals surface area contributed by atoms with E-state index in [1.807, 2.05) is 41.3 Å². The Kier molecular flexibility index (Phi) is 6.31. The van der Waals surface area contributed by atoms with Gasteiger partial charge in [0.1, 0.15) is 11.6 Å². The zero-order valence-electron chi connectivity index (χ0n) is 18.6. The first-order valence-corrected chi connectivity index (χ1v) is 12.7. The van der Waals surface area contributed by atoms with Gasteiger partial charge in [-0.1, -0.05) is 18.2 Å². The minimum absolute atomic E-state index is 0.0494. The number of ether oxygens (including phenoxy) is 1. The zero-order chi connectivity index (χ0) is 23.5. The van der Waals surface area contributed by atoms with Crippen molar-refractivity contribution in [2.75, 3.05) is 62.1 Å². The van der Waals surface area contributed by atoms with Crippen molar-refractivity contribution in [3.8, 4) is 0 Å². The standard InChI is InChI=1S/C23H26N6O4S/c30-23(28-13-15-33-16-14-28)19-6-8-22(24-17-19)27-9-11-29(12-10-27)34(31,32)26-21-7-5-18-3-1-2-4-20(18)25-21/h1-8,17H,9-16H2,(H,25,26). The van der Waals surface area contributed by atoms with Gasteiger partial charge >= 0.3 is 10.2 Å². The van der Waals surface area contributed by atoms with E-state index in [1.54, 1.807) is 23.2 Å². The summed E-state index contributed by atoms with van der Waals surface area (Å²) in [6.45, 7) is 3.90. The predicted molar refractivity (Wildman–Crippen MR) is 129 cm³/mol. The Hall–Kier alpha value is -3.28. The molecule has 34 heavy (non-hydrogen) atoms. The number of benzene rings is 1. The summed E-state index contributed by atoms with van der Waals surface area (Å²) in [7, 11) is -3.73. The molecule has 0 unspecified atom stereocenters. The summed E-state index contributed by atoms with van der Waals surface area (Å²) in [5.74, 6) is 0.967. The van der Waals surface area contributed by atoms with Crippen molar-refractivity contribution < 1.29 is 17.9 Å². The number of carbonyl (C=O) groups is 1. The van der Waals surface area contributed by atoms with Crippen LogP contribution in [0.1, 0.15) is 10.4 Å². The molecule has 2 aliphatic heterocycles. The van der Waals surface area contributed by atoms with Crippen LogP contribution >= 0.6 is 0 Å². The minimum Gasteiger partial charge on any atom is -0.378 e. The fourth-order valence-corrected chi connectivity index (χ4v) is 5.28. The molecular weight excluding hydrogens is 456 g/mol. The number of carbonyl (C=O) groups excluding carboxylic acids is 1. The van der Waals surface area contributed by atoms with Crippen LogP contribution in [0.4, 0.5) is 11.6 Å². The van der Waals surface area contributed by atoms with Gasteiger partial charge in [0, 0.05) is 50.9 Å². The van der Waals surface area contributed by atoms with Crippen molar-refractivity contribution in [2.45, 2.75) is 0 Å². The highest BCUT2D eigenvalue weighted by Crippen LogP contribution is 2.19. The number of hydrogen-bond donors (Lipinski definition) is 1. The van der Waals surface area contributed by atoms with Crippen molar-refractivity contribution in [1.29, 1.82) is 0 Å². The van der Waals surface area contributed by atoms with Crippen molar-refractivity contribution in [1.82, 2.24) is 19.2 Å². The molecule has 11 heteroatoms. The van der Waals surface area contributed by atoms with Crippen LogP contribution in [0.25, 0.3) is 10.9 Å². The van der Waals surface area contributed by atoms with Crippen molar-refractivity contribution in [3.05, 3.63) is 60.3 Å². The van der Waals surface area contributed by atoms with Crippen LogP contribution in [-0.4, -0.2) is 86.0 Å². The Labute approximate surface area is 198 Å². The number of piperazine rings is 1. The second-order valence-electron chi connectivity index (χ2n) is 8.19. The number of anilines is 2. The van der Waals surface area contributed by atoms with Crippen molar-refractivity contribution >= 4 is 38.7 Å². The van der Waals surface area contributed by atoms with Crippen LogP contribution in [-0.2, 0) is 14.9 Å². The van der Waals surface area contributed by atoms with E-state index in [0.29, 0.717) is 63.9 Å². The number of fused-ring (bicyclic) bond motifs is 1. The first kappa shape index (κ1) is 22.5. The number of amides is 1. The summed E-state index contributed by atoms with van der Waals surface area (Å²) in [4.78, 5) is 25.2. The number of nitrogens with one attached hydrogen (secondary N) is 1. The Bertz CT molecular complexity index is 1270. The van der Waals surface area contributed by atoms with Gasteiger partial charge in [0.15, 0.2) is 0 Å². The number of morpholine rings is 1. The van der Waals surface area contributed by atoms with Crippen LogP contribution in [0.3, 0.4) is 0 Å². The Morgan fingerprint density at radius 2 is 1.68 bits per heavy atom. The van der Waals surface area contributed by atoms with E-state index in [9.17, 15) is 13.2 Å². The molecule has 10 nitrogen and oxygen atoms in total. The number of nitrogens with zero attached hydrogens (tertiary/aromatic N) is 5. The molecule has 2 aromatic heterocycles. The van der Waals surface area contributed by atoms with E-state index in [4.69, 9.17) is 4.74 Å². The number of pyridine rings is 2. The molecule has 1 amide bonds. The maximum atomic E-state index is 12.9. The smallest absolute Gasteiger partial charge is 0.302 e. The van der Waals surface area contributed by atoms with Crippen LogP contribution in [0.15, 0.2) is 54.7 Å². The lowest BCUT2D eigenvalue weighted by Crippen LogP contribution is -2.50. The van der Waals surface area contributed by atoms with Crippen LogP contribution in [0, 0.1) is 0 Å². The van der Waals surface area contributed by atoms with Gasteiger partial charge in [0.05, 0.1) is 24.3 Å². The van der Waals surface area contributed by atoms with Gasteiger partial charge in [-0.25, -0.2) is 9.97 Å². The van der Waals surface area contributed by atoms with Gasteiger partial charge in [-0.15, -0.1) is 0 Å². The molecule has 0 bridgehead atoms. The number of hydrogen-bond acceptors (Lipinski definition) is 7. The van der Waals surface area contributed by atoms with Gasteiger partial charge in [-0.3, -0.25) is 9.52 Å². The van der Waals surface area contributed by atoms with Gasteiger partial charge in [-0.05, 0) is 30.3 Å². The van der Waals surface area contributed by atoms with Crippen molar-refractivity contribution in [3.63, 3.8) is 0 Å². The van der Waals surface area contributed by atoms with Crippen molar-refractivity contribution in [2.24, 2.45) is 0 Å². The molecule has 1 aromatic carbocycles. The highest BCUT2D eigenvalue weighted by molar-refractivity contribution is 7.90. The second-order valence-corrected chi connectivity index (χ2v) is 9.86. The maximum absolute atomic E-state index is 12.9. The molecule has 4 heterocycles. The first-order chi connectivity index (χ1) is 16.5. The van der Waals surface area contributed by atoms with E-state index >= 15 is 0 Å². The summed E-state index contributed by atoms with van der Waals surface area (Å²) < 4.78 is 35.1. The minimum atomic E-state index is -3.73. The molecule has 0 radical (unpaired) electrons. The molecule has 2 aliphatic rings. The molecule has 0 atom stereocenters. The third-order valence-electron chi connectivity index (χ3n) is 6.03. The van der Waals surface area contributed by atoms with Crippen LogP contribution in [0.2, 0.25) is 0 Å². The summed E-state index contributed by atoms with van der Waals surface area (Å²) in [5, 5.41) is 0.948. The average molecular weight is 483 g/mol. The zero-order valence-corrected chi connectivity index (χ0v) is 19.4. The fraction of sp³-hybridized carbons (Fsp3) is 0.348. The normalized spacial score (nSPS) is 17.6. The maximum Gasteiger partial charge on any atom is 0.302 e. The number of rotatable bonds is 5. The molecule has 0 saturated carbocycles. The lowest BCUT2D eigenvalue weighted by atomic mass is 10.2. The summed E-state index contributed by atoms with van der Waals surface area (Å²) >= 11 is 0. The van der Waals surface area contributed by atoms with Gasteiger partial charge in [0.25, 0.3) is 5.91 Å². The highest BCUT2D eigenvalue weighted by Gasteiger charge is 2.28. The molecule has 0 aliphatic carbocycles. The summed E-state index contributed by atoms with van der Waals surface area (Å²) in [6.07, 6.45) is 1.59. The molecule has 178 valence electrons. The molecular formula is C23H26N6O4S. The number of para-hydroxylation sites is 1. The van der Waals surface area contributed by atoms with E-state index in [2.05, 4.69) is 14.7 Å². The Morgan fingerprint density at radius 3 is 2.41 bits per heavy atom. The molecule has 0 spiro atoms. The SMILES string of the molecule is O=C(c1ccc(N2CCN(S(=O)(=O)Nc3ccc4ccccc4n3)CC2)nc1)N1CCOCC1. The lowest BCUT2D eigenvalue weighted by Gasteiger charge is -2.34. The number of aromatic nitrogens is 2. The topological polar surface area (TPSA) is 108 Å². The third kappa shape index (κ3) is 4.81.